The highest BCUT2D eigenvalue weighted by molar-refractivity contribution is 8.00. The Bertz CT molecular complexity index is 926. The summed E-state index contributed by atoms with van der Waals surface area (Å²) in [6, 6.07) is 7.43. The Balaban J connectivity index is 1.67. The first-order chi connectivity index (χ1) is 12.0. The molecule has 130 valence electrons. The predicted octanol–water partition coefficient (Wildman–Crippen LogP) is 4.93. The lowest BCUT2D eigenvalue weighted by Crippen LogP contribution is -2.28. The van der Waals surface area contributed by atoms with Crippen LogP contribution in [-0.4, -0.2) is 21.6 Å². The zero-order chi connectivity index (χ0) is 18.0. The number of rotatable bonds is 5. The van der Waals surface area contributed by atoms with Gasteiger partial charge in [-0.15, -0.1) is 11.3 Å². The zero-order valence-corrected chi connectivity index (χ0v) is 16.6. The van der Waals surface area contributed by atoms with E-state index in [4.69, 9.17) is 11.6 Å². The molecule has 0 fully saturated rings. The Kier molecular flexibility index (Phi) is 5.61. The number of hydrogen-bond acceptors (Lipinski definition) is 5. The molecule has 1 N–H and O–H groups in total. The largest absolute Gasteiger partial charge is 0.349 e. The van der Waals surface area contributed by atoms with Crippen molar-refractivity contribution in [3.05, 3.63) is 51.6 Å². The summed E-state index contributed by atoms with van der Waals surface area (Å²) < 4.78 is 0. The second-order valence-electron chi connectivity index (χ2n) is 5.78. The van der Waals surface area contributed by atoms with Gasteiger partial charge >= 0.3 is 0 Å². The smallest absolute Gasteiger partial charge is 0.230 e. The molecule has 0 radical (unpaired) electrons. The number of carbonyl (C=O) groups excluding carboxylic acids is 1. The summed E-state index contributed by atoms with van der Waals surface area (Å²) in [6.45, 7) is 6.10. The van der Waals surface area contributed by atoms with Gasteiger partial charge in [-0.2, -0.15) is 0 Å². The number of amides is 1. The maximum absolute atomic E-state index is 12.3. The maximum Gasteiger partial charge on any atom is 0.230 e. The number of halogens is 1. The standard InChI is InChI=1S/C18H18ClN3OS2/c1-10-12(3)25-18-16(10)17(20-9-21-18)24-8-15(23)22-11(2)13-5-4-6-14(19)7-13/h4-7,9,11H,8H2,1-3H3,(H,22,23). The Labute approximate surface area is 160 Å². The van der Waals surface area contributed by atoms with E-state index in [0.717, 1.165) is 20.8 Å². The number of nitrogens with zero attached hydrogens (tertiary/aromatic N) is 2. The number of carbonyl (C=O) groups is 1. The molecule has 3 aromatic rings. The molecule has 1 unspecified atom stereocenters. The maximum atomic E-state index is 12.3. The Hall–Kier alpha value is -1.63. The summed E-state index contributed by atoms with van der Waals surface area (Å²) in [5.74, 6) is 0.277. The summed E-state index contributed by atoms with van der Waals surface area (Å²) in [5, 5.41) is 5.59. The van der Waals surface area contributed by atoms with Gasteiger partial charge in [-0.25, -0.2) is 9.97 Å². The van der Waals surface area contributed by atoms with Crippen LogP contribution in [0.4, 0.5) is 0 Å². The average Bonchev–Trinajstić information content (AvgIpc) is 2.88. The van der Waals surface area contributed by atoms with Gasteiger partial charge in [0, 0.05) is 15.3 Å². The van der Waals surface area contributed by atoms with E-state index in [9.17, 15) is 4.79 Å². The minimum atomic E-state index is -0.0950. The second kappa shape index (κ2) is 7.72. The van der Waals surface area contributed by atoms with E-state index in [1.165, 1.54) is 22.2 Å². The quantitative estimate of drug-likeness (QED) is 0.494. The molecule has 1 aromatic carbocycles. The summed E-state index contributed by atoms with van der Waals surface area (Å²) in [4.78, 5) is 23.2. The molecular formula is C18H18ClN3OS2. The summed E-state index contributed by atoms with van der Waals surface area (Å²) >= 11 is 9.11. The van der Waals surface area contributed by atoms with Crippen LogP contribution in [-0.2, 0) is 4.79 Å². The van der Waals surface area contributed by atoms with Gasteiger partial charge in [0.05, 0.1) is 11.8 Å². The molecule has 1 atom stereocenters. The van der Waals surface area contributed by atoms with Crippen molar-refractivity contribution in [3.8, 4) is 0 Å². The predicted molar refractivity (Wildman–Crippen MR) is 106 cm³/mol. The fraction of sp³-hybridized carbons (Fsp3) is 0.278. The molecule has 0 saturated heterocycles. The third-order valence-electron chi connectivity index (χ3n) is 4.00. The minimum Gasteiger partial charge on any atom is -0.349 e. The fourth-order valence-electron chi connectivity index (χ4n) is 2.54. The van der Waals surface area contributed by atoms with Crippen molar-refractivity contribution < 1.29 is 4.79 Å². The highest BCUT2D eigenvalue weighted by atomic mass is 35.5. The number of benzene rings is 1. The summed E-state index contributed by atoms with van der Waals surface area (Å²) in [7, 11) is 0. The van der Waals surface area contributed by atoms with Crippen LogP contribution in [0.25, 0.3) is 10.2 Å². The van der Waals surface area contributed by atoms with Gasteiger partial charge < -0.3 is 5.32 Å². The van der Waals surface area contributed by atoms with Gasteiger partial charge in [0.15, 0.2) is 0 Å². The molecule has 2 heterocycles. The van der Waals surface area contributed by atoms with Crippen molar-refractivity contribution >= 4 is 50.8 Å². The topological polar surface area (TPSA) is 54.9 Å². The number of fused-ring (bicyclic) bond motifs is 1. The van der Waals surface area contributed by atoms with Gasteiger partial charge in [0.1, 0.15) is 16.2 Å². The van der Waals surface area contributed by atoms with Crippen LogP contribution in [0.15, 0.2) is 35.6 Å². The SMILES string of the molecule is Cc1sc2ncnc(SCC(=O)NC(C)c3cccc(Cl)c3)c2c1C. The molecule has 0 bridgehead atoms. The molecular weight excluding hydrogens is 374 g/mol. The normalized spacial score (nSPS) is 12.3. The molecule has 0 saturated carbocycles. The lowest BCUT2D eigenvalue weighted by atomic mass is 10.1. The Morgan fingerprint density at radius 1 is 1.36 bits per heavy atom. The van der Waals surface area contributed by atoms with Crippen LogP contribution in [0.3, 0.4) is 0 Å². The summed E-state index contributed by atoms with van der Waals surface area (Å²) in [6.07, 6.45) is 1.56. The van der Waals surface area contributed by atoms with Crippen LogP contribution in [0.5, 0.6) is 0 Å². The van der Waals surface area contributed by atoms with E-state index < -0.39 is 0 Å². The van der Waals surface area contributed by atoms with Crippen LogP contribution in [0.1, 0.15) is 29.0 Å². The first kappa shape index (κ1) is 18.2. The third-order valence-corrected chi connectivity index (χ3v) is 6.34. The number of nitrogens with one attached hydrogen (secondary N) is 1. The number of thiophene rings is 1. The molecule has 4 nitrogen and oxygen atoms in total. The highest BCUT2D eigenvalue weighted by Gasteiger charge is 2.15. The Morgan fingerprint density at radius 3 is 2.92 bits per heavy atom. The van der Waals surface area contributed by atoms with Crippen LogP contribution in [0, 0.1) is 13.8 Å². The van der Waals surface area contributed by atoms with E-state index >= 15 is 0 Å². The van der Waals surface area contributed by atoms with Crippen molar-refractivity contribution in [2.24, 2.45) is 0 Å². The highest BCUT2D eigenvalue weighted by Crippen LogP contribution is 2.34. The number of aryl methyl sites for hydroxylation is 2. The molecule has 25 heavy (non-hydrogen) atoms. The molecule has 0 aliphatic carbocycles. The van der Waals surface area contributed by atoms with Gasteiger partial charge in [-0.05, 0) is 44.0 Å². The van der Waals surface area contributed by atoms with E-state index in [-0.39, 0.29) is 11.9 Å². The first-order valence-electron chi connectivity index (χ1n) is 7.84. The number of aromatic nitrogens is 2. The fourth-order valence-corrected chi connectivity index (χ4v) is 4.66. The monoisotopic (exact) mass is 391 g/mol. The van der Waals surface area contributed by atoms with Crippen molar-refractivity contribution in [3.63, 3.8) is 0 Å². The van der Waals surface area contributed by atoms with Gasteiger partial charge in [-0.3, -0.25) is 4.79 Å². The molecule has 0 aliphatic heterocycles. The van der Waals surface area contributed by atoms with Gasteiger partial charge in [0.25, 0.3) is 0 Å². The summed E-state index contributed by atoms with van der Waals surface area (Å²) in [5.41, 5.74) is 2.18. The number of hydrogen-bond donors (Lipinski definition) is 1. The van der Waals surface area contributed by atoms with Crippen molar-refractivity contribution in [1.82, 2.24) is 15.3 Å². The van der Waals surface area contributed by atoms with Crippen molar-refractivity contribution in [2.45, 2.75) is 31.8 Å². The van der Waals surface area contributed by atoms with E-state index in [0.29, 0.717) is 10.8 Å². The van der Waals surface area contributed by atoms with Crippen molar-refractivity contribution in [1.29, 1.82) is 0 Å². The van der Waals surface area contributed by atoms with Crippen LogP contribution >= 0.6 is 34.7 Å². The van der Waals surface area contributed by atoms with E-state index in [1.807, 2.05) is 31.2 Å². The number of thioether (sulfide) groups is 1. The third kappa shape index (κ3) is 4.14. The van der Waals surface area contributed by atoms with Gasteiger partial charge in [0.2, 0.25) is 5.91 Å². The molecule has 2 aromatic heterocycles. The molecule has 3 rings (SSSR count). The first-order valence-corrected chi connectivity index (χ1v) is 10.0. The lowest BCUT2D eigenvalue weighted by molar-refractivity contribution is -0.119. The van der Waals surface area contributed by atoms with Crippen molar-refractivity contribution in [2.75, 3.05) is 5.75 Å². The Morgan fingerprint density at radius 2 is 2.16 bits per heavy atom. The van der Waals surface area contributed by atoms with E-state index in [2.05, 4.69) is 29.1 Å². The van der Waals surface area contributed by atoms with Crippen LogP contribution in [0.2, 0.25) is 5.02 Å². The van der Waals surface area contributed by atoms with Crippen LogP contribution < -0.4 is 5.32 Å². The molecule has 0 spiro atoms. The average molecular weight is 392 g/mol. The minimum absolute atomic E-state index is 0.0335. The molecule has 0 aliphatic rings. The zero-order valence-electron chi connectivity index (χ0n) is 14.2. The van der Waals surface area contributed by atoms with E-state index in [1.54, 1.807) is 17.7 Å². The second-order valence-corrected chi connectivity index (χ2v) is 8.38. The lowest BCUT2D eigenvalue weighted by Gasteiger charge is -2.14. The molecule has 7 heteroatoms. The molecule has 1 amide bonds. The van der Waals surface area contributed by atoms with Gasteiger partial charge in [-0.1, -0.05) is 35.5 Å².